The molecule has 0 aromatic carbocycles. The molecule has 0 aliphatic heterocycles. The Balaban J connectivity index is 4.50. The Hall–Kier alpha value is -1.92. The standard InChI is InChI=1S/C56H105NO5/c1-4-7-10-13-16-19-22-24-25-26-27-28-29-31-34-37-40-43-46-49-56(61)62-52(47-44-41-38-35-32-21-18-15-12-9-6-3)50-55(60)57-53(51-58)54(59)48-45-42-39-36-33-30-23-20-17-14-11-8-5-2/h16,19,24-25,27-28,52-54,58-59H,4-15,17-18,20-23,26,29-51H2,1-3H3,(H,57,60)/b19-16-,25-24-,28-27-. The number of hydrogen-bond donors (Lipinski definition) is 3. The van der Waals surface area contributed by atoms with Gasteiger partial charge in [-0.1, -0.05) is 243 Å². The Morgan fingerprint density at radius 1 is 0.468 bits per heavy atom. The first-order chi connectivity index (χ1) is 30.5. The number of unbranched alkanes of at least 4 members (excludes halogenated alkanes) is 31. The molecule has 0 rings (SSSR count). The summed E-state index contributed by atoms with van der Waals surface area (Å²) in [5.74, 6) is -0.476. The fraction of sp³-hybridized carbons (Fsp3) is 0.857. The van der Waals surface area contributed by atoms with Gasteiger partial charge in [-0.2, -0.15) is 0 Å². The number of ether oxygens (including phenoxy) is 1. The number of esters is 1. The predicted octanol–water partition coefficient (Wildman–Crippen LogP) is 16.5. The molecule has 0 bridgehead atoms. The van der Waals surface area contributed by atoms with Gasteiger partial charge in [0, 0.05) is 6.42 Å². The summed E-state index contributed by atoms with van der Waals surface area (Å²) in [7, 11) is 0. The van der Waals surface area contributed by atoms with Crippen molar-refractivity contribution in [3.8, 4) is 0 Å². The highest BCUT2D eigenvalue weighted by Crippen LogP contribution is 2.18. The molecule has 6 heteroatoms. The molecule has 364 valence electrons. The molecule has 0 spiro atoms. The van der Waals surface area contributed by atoms with Crippen molar-refractivity contribution in [2.24, 2.45) is 0 Å². The molecule has 0 saturated heterocycles. The molecule has 0 aromatic rings. The highest BCUT2D eigenvalue weighted by molar-refractivity contribution is 5.77. The zero-order valence-electron chi connectivity index (χ0n) is 41.5. The second kappa shape index (κ2) is 50.1. The van der Waals surface area contributed by atoms with Crippen LogP contribution in [0.5, 0.6) is 0 Å². The summed E-state index contributed by atoms with van der Waals surface area (Å²) in [5.41, 5.74) is 0. The minimum absolute atomic E-state index is 0.0761. The van der Waals surface area contributed by atoms with Crippen molar-refractivity contribution >= 4 is 11.9 Å². The second-order valence-electron chi connectivity index (χ2n) is 18.6. The third-order valence-electron chi connectivity index (χ3n) is 12.5. The number of carbonyl (C=O) groups is 2. The van der Waals surface area contributed by atoms with E-state index in [0.717, 1.165) is 64.2 Å². The van der Waals surface area contributed by atoms with E-state index in [2.05, 4.69) is 62.5 Å². The van der Waals surface area contributed by atoms with E-state index in [9.17, 15) is 19.8 Å². The molecule has 0 aliphatic carbocycles. The van der Waals surface area contributed by atoms with Crippen molar-refractivity contribution in [1.29, 1.82) is 0 Å². The fourth-order valence-corrected chi connectivity index (χ4v) is 8.32. The quantitative estimate of drug-likeness (QED) is 0.0321. The van der Waals surface area contributed by atoms with Gasteiger partial charge in [0.25, 0.3) is 0 Å². The van der Waals surface area contributed by atoms with Gasteiger partial charge in [-0.3, -0.25) is 9.59 Å². The van der Waals surface area contributed by atoms with Crippen molar-refractivity contribution in [3.05, 3.63) is 36.5 Å². The van der Waals surface area contributed by atoms with Crippen LogP contribution >= 0.6 is 0 Å². The van der Waals surface area contributed by atoms with E-state index in [1.54, 1.807) is 0 Å². The molecule has 3 unspecified atom stereocenters. The SMILES string of the molecule is CCCCC/C=C\C/C=C\C/C=C\CCCCCCCCC(=O)OC(CCCCCCCCCCCCC)CC(=O)NC(CO)C(O)CCCCCCCCCCCCCCC. The average Bonchev–Trinajstić information content (AvgIpc) is 3.26. The van der Waals surface area contributed by atoms with Crippen LogP contribution in [0.15, 0.2) is 36.5 Å². The van der Waals surface area contributed by atoms with E-state index in [1.165, 1.54) is 173 Å². The molecule has 0 aliphatic rings. The van der Waals surface area contributed by atoms with Crippen LogP contribution < -0.4 is 5.32 Å². The highest BCUT2D eigenvalue weighted by atomic mass is 16.5. The van der Waals surface area contributed by atoms with Crippen molar-refractivity contribution in [2.45, 2.75) is 302 Å². The average molecular weight is 872 g/mol. The number of aliphatic hydroxyl groups is 2. The third kappa shape index (κ3) is 44.7. The lowest BCUT2D eigenvalue weighted by Gasteiger charge is -2.24. The zero-order chi connectivity index (χ0) is 45.2. The molecule has 1 amide bonds. The Bertz CT molecular complexity index is 1020. The van der Waals surface area contributed by atoms with Crippen molar-refractivity contribution in [1.82, 2.24) is 5.32 Å². The maximum atomic E-state index is 13.2. The van der Waals surface area contributed by atoms with Crippen LogP contribution in [0.25, 0.3) is 0 Å². The Morgan fingerprint density at radius 2 is 0.823 bits per heavy atom. The van der Waals surface area contributed by atoms with Crippen molar-refractivity contribution < 1.29 is 24.5 Å². The van der Waals surface area contributed by atoms with Gasteiger partial charge in [-0.25, -0.2) is 0 Å². The van der Waals surface area contributed by atoms with Gasteiger partial charge < -0.3 is 20.3 Å². The lowest BCUT2D eigenvalue weighted by molar-refractivity contribution is -0.151. The van der Waals surface area contributed by atoms with Crippen LogP contribution in [0.3, 0.4) is 0 Å². The van der Waals surface area contributed by atoms with Gasteiger partial charge in [0.15, 0.2) is 0 Å². The van der Waals surface area contributed by atoms with E-state index in [1.807, 2.05) is 0 Å². The number of nitrogens with one attached hydrogen (secondary N) is 1. The monoisotopic (exact) mass is 872 g/mol. The fourth-order valence-electron chi connectivity index (χ4n) is 8.32. The highest BCUT2D eigenvalue weighted by Gasteiger charge is 2.24. The molecule has 0 saturated carbocycles. The summed E-state index contributed by atoms with van der Waals surface area (Å²) >= 11 is 0. The molecular formula is C56H105NO5. The zero-order valence-corrected chi connectivity index (χ0v) is 41.5. The maximum Gasteiger partial charge on any atom is 0.306 e. The third-order valence-corrected chi connectivity index (χ3v) is 12.5. The number of allylic oxidation sites excluding steroid dienone is 6. The molecule has 0 radical (unpaired) electrons. The Kier molecular flexibility index (Phi) is 48.5. The lowest BCUT2D eigenvalue weighted by Crippen LogP contribution is -2.46. The maximum absolute atomic E-state index is 13.2. The van der Waals surface area contributed by atoms with Gasteiger partial charge in [-0.05, 0) is 64.2 Å². The number of hydrogen-bond acceptors (Lipinski definition) is 5. The summed E-state index contributed by atoms with van der Waals surface area (Å²) < 4.78 is 5.94. The number of aliphatic hydroxyl groups excluding tert-OH is 2. The van der Waals surface area contributed by atoms with Crippen LogP contribution in [0.2, 0.25) is 0 Å². The largest absolute Gasteiger partial charge is 0.462 e. The van der Waals surface area contributed by atoms with E-state index in [4.69, 9.17) is 4.74 Å². The van der Waals surface area contributed by atoms with Crippen LogP contribution in [-0.2, 0) is 14.3 Å². The minimum atomic E-state index is -0.786. The normalized spacial score (nSPS) is 13.4. The molecular weight excluding hydrogens is 767 g/mol. The van der Waals surface area contributed by atoms with Crippen LogP contribution in [-0.4, -0.2) is 46.9 Å². The summed E-state index contributed by atoms with van der Waals surface area (Å²) in [6.07, 6.45) is 59.2. The predicted molar refractivity (Wildman–Crippen MR) is 269 cm³/mol. The van der Waals surface area contributed by atoms with E-state index >= 15 is 0 Å². The molecule has 3 N–H and O–H groups in total. The first kappa shape index (κ1) is 60.1. The number of carbonyl (C=O) groups excluding carboxylic acids is 2. The molecule has 3 atom stereocenters. The Morgan fingerprint density at radius 3 is 1.27 bits per heavy atom. The summed E-state index contributed by atoms with van der Waals surface area (Å²) in [6.45, 7) is 6.47. The second-order valence-corrected chi connectivity index (χ2v) is 18.6. The van der Waals surface area contributed by atoms with E-state index in [-0.39, 0.29) is 24.9 Å². The summed E-state index contributed by atoms with van der Waals surface area (Å²) in [6, 6.07) is -0.700. The van der Waals surface area contributed by atoms with Gasteiger partial charge in [0.05, 0.1) is 25.2 Å². The first-order valence-corrected chi connectivity index (χ1v) is 27.2. The van der Waals surface area contributed by atoms with Crippen LogP contribution in [0, 0.1) is 0 Å². The summed E-state index contributed by atoms with van der Waals surface area (Å²) in [5, 5.41) is 23.8. The number of rotatable bonds is 49. The molecule has 0 aromatic heterocycles. The first-order valence-electron chi connectivity index (χ1n) is 27.2. The van der Waals surface area contributed by atoms with Crippen molar-refractivity contribution in [2.75, 3.05) is 6.61 Å². The van der Waals surface area contributed by atoms with Gasteiger partial charge in [-0.15, -0.1) is 0 Å². The lowest BCUT2D eigenvalue weighted by atomic mass is 10.0. The van der Waals surface area contributed by atoms with Gasteiger partial charge in [0.2, 0.25) is 5.91 Å². The molecule has 6 nitrogen and oxygen atoms in total. The number of amides is 1. The van der Waals surface area contributed by atoms with Gasteiger partial charge in [0.1, 0.15) is 6.10 Å². The van der Waals surface area contributed by atoms with Gasteiger partial charge >= 0.3 is 5.97 Å². The van der Waals surface area contributed by atoms with Crippen molar-refractivity contribution in [3.63, 3.8) is 0 Å². The topological polar surface area (TPSA) is 95.9 Å². The van der Waals surface area contributed by atoms with Crippen LogP contribution in [0.4, 0.5) is 0 Å². The molecule has 62 heavy (non-hydrogen) atoms. The Labute approximate surface area is 385 Å². The van der Waals surface area contributed by atoms with Crippen LogP contribution in [0.1, 0.15) is 284 Å². The minimum Gasteiger partial charge on any atom is -0.462 e. The molecule has 0 fully saturated rings. The van der Waals surface area contributed by atoms with E-state index in [0.29, 0.717) is 19.3 Å². The smallest absolute Gasteiger partial charge is 0.306 e. The summed E-state index contributed by atoms with van der Waals surface area (Å²) in [4.78, 5) is 26.2. The van der Waals surface area contributed by atoms with E-state index < -0.39 is 18.2 Å². The molecule has 0 heterocycles.